The SMILES string of the molecule is c1ccc(-c2ncc3sc4c(-c5cccc6c5sc5ccc(-c7cccc8c7C7(CCCCC7)c7ccccc7-8)cc56)cccc4c3n2)cc1. The van der Waals surface area contributed by atoms with E-state index in [4.69, 9.17) is 9.97 Å². The molecule has 11 rings (SSSR count). The molecule has 1 saturated carbocycles. The van der Waals surface area contributed by atoms with Gasteiger partial charge in [-0.25, -0.2) is 9.97 Å². The third-order valence-electron chi connectivity index (χ3n) is 11.4. The van der Waals surface area contributed by atoms with Gasteiger partial charge < -0.3 is 0 Å². The molecule has 238 valence electrons. The molecule has 0 atom stereocenters. The summed E-state index contributed by atoms with van der Waals surface area (Å²) in [5.41, 5.74) is 13.5. The van der Waals surface area contributed by atoms with Gasteiger partial charge in [-0.1, -0.05) is 135 Å². The van der Waals surface area contributed by atoms with Gasteiger partial charge in [-0.3, -0.25) is 0 Å². The maximum Gasteiger partial charge on any atom is 0.159 e. The van der Waals surface area contributed by atoms with Gasteiger partial charge in [-0.15, -0.1) is 22.7 Å². The van der Waals surface area contributed by atoms with Gasteiger partial charge in [0.15, 0.2) is 5.82 Å². The fourth-order valence-electron chi connectivity index (χ4n) is 9.18. The number of aromatic nitrogens is 2. The topological polar surface area (TPSA) is 25.8 Å². The fourth-order valence-corrected chi connectivity index (χ4v) is 11.5. The summed E-state index contributed by atoms with van der Waals surface area (Å²) in [5, 5.41) is 3.87. The Kier molecular flexibility index (Phi) is 6.26. The lowest BCUT2D eigenvalue weighted by atomic mass is 9.66. The highest BCUT2D eigenvalue weighted by Gasteiger charge is 2.45. The molecular formula is C46H32N2S2. The molecule has 6 aromatic carbocycles. The standard InChI is InChI=1S/C46H32N2S2/c1-3-12-28(13-4-1)45-47-27-40-42(48-45)36-20-11-18-34(44(36)50-40)33-17-10-19-35-37-26-29(22-23-39(37)49-43(33)35)30-15-9-16-32-31-14-5-6-21-38(31)46(41(30)32)24-7-2-8-25-46/h1,3-6,9-23,26-27H,2,7-8,24-25H2. The van der Waals surface area contributed by atoms with E-state index in [0.717, 1.165) is 21.6 Å². The van der Waals surface area contributed by atoms with Crippen LogP contribution in [-0.4, -0.2) is 9.97 Å². The Morgan fingerprint density at radius 1 is 0.500 bits per heavy atom. The van der Waals surface area contributed by atoms with Crippen LogP contribution >= 0.6 is 22.7 Å². The summed E-state index contributed by atoms with van der Waals surface area (Å²) in [5.74, 6) is 0.771. The predicted octanol–water partition coefficient (Wildman–Crippen LogP) is 13.4. The molecule has 0 amide bonds. The molecule has 0 aliphatic heterocycles. The van der Waals surface area contributed by atoms with Gasteiger partial charge in [0.1, 0.15) is 0 Å². The van der Waals surface area contributed by atoms with Crippen LogP contribution in [0.2, 0.25) is 0 Å². The molecule has 0 radical (unpaired) electrons. The summed E-state index contributed by atoms with van der Waals surface area (Å²) >= 11 is 3.71. The summed E-state index contributed by atoms with van der Waals surface area (Å²) in [7, 11) is 0. The Morgan fingerprint density at radius 3 is 2.04 bits per heavy atom. The summed E-state index contributed by atoms with van der Waals surface area (Å²) < 4.78 is 5.06. The van der Waals surface area contributed by atoms with Gasteiger partial charge in [-0.2, -0.15) is 0 Å². The van der Waals surface area contributed by atoms with Gasteiger partial charge in [0, 0.05) is 58.6 Å². The maximum atomic E-state index is 5.08. The van der Waals surface area contributed by atoms with Crippen molar-refractivity contribution in [1.82, 2.24) is 9.97 Å². The number of hydrogen-bond acceptors (Lipinski definition) is 4. The van der Waals surface area contributed by atoms with E-state index in [9.17, 15) is 0 Å². The Morgan fingerprint density at radius 2 is 1.18 bits per heavy atom. The van der Waals surface area contributed by atoms with Crippen molar-refractivity contribution in [1.29, 1.82) is 0 Å². The van der Waals surface area contributed by atoms with Gasteiger partial charge >= 0.3 is 0 Å². The van der Waals surface area contributed by atoms with Crippen LogP contribution in [0.3, 0.4) is 0 Å². The highest BCUT2D eigenvalue weighted by molar-refractivity contribution is 7.27. The van der Waals surface area contributed by atoms with Crippen LogP contribution in [-0.2, 0) is 5.41 Å². The number of thiophene rings is 2. The number of hydrogen-bond donors (Lipinski definition) is 0. The van der Waals surface area contributed by atoms with E-state index in [1.807, 2.05) is 35.7 Å². The van der Waals surface area contributed by atoms with E-state index >= 15 is 0 Å². The lowest BCUT2D eigenvalue weighted by Crippen LogP contribution is -2.28. The minimum atomic E-state index is 0.120. The predicted molar refractivity (Wildman–Crippen MR) is 213 cm³/mol. The molecule has 2 nitrogen and oxygen atoms in total. The van der Waals surface area contributed by atoms with Crippen molar-refractivity contribution in [3.63, 3.8) is 0 Å². The second-order valence-electron chi connectivity index (χ2n) is 14.0. The fraction of sp³-hybridized carbons (Fsp3) is 0.130. The summed E-state index contributed by atoms with van der Waals surface area (Å²) in [6.07, 6.45) is 8.41. The molecule has 0 bridgehead atoms. The third-order valence-corrected chi connectivity index (χ3v) is 13.7. The Hall–Kier alpha value is -5.16. The maximum absolute atomic E-state index is 5.08. The monoisotopic (exact) mass is 676 g/mol. The molecule has 3 heterocycles. The Labute approximate surface area is 298 Å². The lowest BCUT2D eigenvalue weighted by molar-refractivity contribution is 0.353. The summed E-state index contributed by atoms with van der Waals surface area (Å²) in [6.45, 7) is 0. The van der Waals surface area contributed by atoms with Crippen molar-refractivity contribution in [2.75, 3.05) is 0 Å². The number of fused-ring (bicyclic) bond motifs is 11. The third kappa shape index (κ3) is 4.06. The molecule has 0 N–H and O–H groups in total. The van der Waals surface area contributed by atoms with Crippen LogP contribution in [0.5, 0.6) is 0 Å². The van der Waals surface area contributed by atoms with Crippen molar-refractivity contribution < 1.29 is 0 Å². The van der Waals surface area contributed by atoms with Crippen LogP contribution in [0.4, 0.5) is 0 Å². The van der Waals surface area contributed by atoms with Gasteiger partial charge in [0.25, 0.3) is 0 Å². The number of nitrogens with zero attached hydrogens (tertiary/aromatic N) is 2. The van der Waals surface area contributed by atoms with Crippen molar-refractivity contribution in [2.45, 2.75) is 37.5 Å². The second kappa shape index (κ2) is 10.9. The first-order valence-electron chi connectivity index (χ1n) is 17.7. The van der Waals surface area contributed by atoms with Crippen molar-refractivity contribution in [3.05, 3.63) is 145 Å². The average Bonchev–Trinajstić information content (AvgIpc) is 3.84. The smallest absolute Gasteiger partial charge is 0.159 e. The molecule has 1 spiro atoms. The minimum Gasteiger partial charge on any atom is -0.235 e. The van der Waals surface area contributed by atoms with Crippen LogP contribution in [0.1, 0.15) is 43.2 Å². The quantitative estimate of drug-likeness (QED) is 0.186. The van der Waals surface area contributed by atoms with E-state index in [-0.39, 0.29) is 5.41 Å². The highest BCUT2D eigenvalue weighted by Crippen LogP contribution is 2.58. The van der Waals surface area contributed by atoms with E-state index < -0.39 is 0 Å². The first kappa shape index (κ1) is 28.7. The van der Waals surface area contributed by atoms with Gasteiger partial charge in [0.2, 0.25) is 0 Å². The normalized spacial score (nSPS) is 15.0. The summed E-state index contributed by atoms with van der Waals surface area (Å²) in [6, 6.07) is 47.3. The lowest BCUT2D eigenvalue weighted by Gasteiger charge is -2.37. The zero-order chi connectivity index (χ0) is 32.8. The molecular weight excluding hydrogens is 645 g/mol. The average molecular weight is 677 g/mol. The Bertz CT molecular complexity index is 2800. The zero-order valence-corrected chi connectivity index (χ0v) is 29.1. The van der Waals surface area contributed by atoms with E-state index in [2.05, 4.69) is 109 Å². The molecule has 4 heteroatoms. The second-order valence-corrected chi connectivity index (χ2v) is 16.1. The molecule has 2 aliphatic rings. The Balaban J connectivity index is 1.07. The highest BCUT2D eigenvalue weighted by atomic mass is 32.1. The number of benzene rings is 6. The first-order chi connectivity index (χ1) is 24.8. The van der Waals surface area contributed by atoms with Crippen LogP contribution < -0.4 is 0 Å². The van der Waals surface area contributed by atoms with Crippen molar-refractivity contribution in [2.24, 2.45) is 0 Å². The minimum absolute atomic E-state index is 0.120. The van der Waals surface area contributed by atoms with Crippen molar-refractivity contribution in [3.8, 4) is 44.8 Å². The van der Waals surface area contributed by atoms with Crippen LogP contribution in [0.25, 0.3) is 85.2 Å². The van der Waals surface area contributed by atoms with E-state index in [1.165, 1.54) is 95.7 Å². The van der Waals surface area contributed by atoms with Gasteiger partial charge in [0.05, 0.1) is 10.2 Å². The molecule has 0 unspecified atom stereocenters. The molecule has 0 saturated heterocycles. The number of rotatable bonds is 3. The molecule has 1 fully saturated rings. The van der Waals surface area contributed by atoms with Crippen LogP contribution in [0, 0.1) is 0 Å². The molecule has 50 heavy (non-hydrogen) atoms. The molecule has 9 aromatic rings. The van der Waals surface area contributed by atoms with Gasteiger partial charge in [-0.05, 0) is 58.4 Å². The van der Waals surface area contributed by atoms with E-state index in [0.29, 0.717) is 0 Å². The largest absolute Gasteiger partial charge is 0.235 e. The van der Waals surface area contributed by atoms with Crippen LogP contribution in [0.15, 0.2) is 134 Å². The first-order valence-corrected chi connectivity index (χ1v) is 19.3. The summed E-state index contributed by atoms with van der Waals surface area (Å²) in [4.78, 5) is 9.82. The zero-order valence-electron chi connectivity index (χ0n) is 27.4. The van der Waals surface area contributed by atoms with Crippen molar-refractivity contribution >= 4 is 63.1 Å². The van der Waals surface area contributed by atoms with E-state index in [1.54, 1.807) is 22.5 Å². The molecule has 3 aromatic heterocycles. The molecule has 2 aliphatic carbocycles.